The molecule has 0 fully saturated rings. The first-order valence-electron chi connectivity index (χ1n) is 6.04. The Balaban J connectivity index is 2.67. The first-order valence-corrected chi connectivity index (χ1v) is 6.04. The lowest BCUT2D eigenvalue weighted by atomic mass is 9.92. The van der Waals surface area contributed by atoms with Crippen molar-refractivity contribution in [3.05, 3.63) is 59.2 Å². The topological polar surface area (TPSA) is 23.8 Å². The van der Waals surface area contributed by atoms with Gasteiger partial charge in [-0.3, -0.25) is 0 Å². The van der Waals surface area contributed by atoms with Crippen LogP contribution in [-0.2, 0) is 0 Å². The quantitative estimate of drug-likeness (QED) is 0.523. The van der Waals surface area contributed by atoms with Crippen molar-refractivity contribution in [1.29, 1.82) is 5.26 Å². The maximum absolute atomic E-state index is 9.47. The molecule has 3 rings (SSSR count). The van der Waals surface area contributed by atoms with Gasteiger partial charge in [-0.2, -0.15) is 5.26 Å². The van der Waals surface area contributed by atoms with E-state index < -0.39 is 0 Å². The Labute approximate surface area is 106 Å². The van der Waals surface area contributed by atoms with E-state index in [1.807, 2.05) is 18.2 Å². The largest absolute Gasteiger partial charge is 0.192 e. The predicted molar refractivity (Wildman–Crippen MR) is 75.6 cm³/mol. The number of fused-ring (bicyclic) bond motifs is 2. The fraction of sp³-hybridized carbons (Fsp3) is 0.118. The Morgan fingerprint density at radius 2 is 1.50 bits per heavy atom. The summed E-state index contributed by atoms with van der Waals surface area (Å²) in [4.78, 5) is 0. The molecule has 0 amide bonds. The van der Waals surface area contributed by atoms with Gasteiger partial charge in [-0.15, -0.1) is 0 Å². The highest BCUT2D eigenvalue weighted by Crippen LogP contribution is 2.32. The van der Waals surface area contributed by atoms with Crippen molar-refractivity contribution in [2.24, 2.45) is 0 Å². The van der Waals surface area contributed by atoms with Crippen LogP contribution in [0, 0.1) is 25.2 Å². The van der Waals surface area contributed by atoms with Crippen LogP contribution in [-0.4, -0.2) is 0 Å². The number of benzene rings is 3. The SMILES string of the molecule is Cc1ccc2c(C)c3ccccc3c(C#N)c2c1. The summed E-state index contributed by atoms with van der Waals surface area (Å²) in [7, 11) is 0. The van der Waals surface area contributed by atoms with Gasteiger partial charge in [0.15, 0.2) is 0 Å². The van der Waals surface area contributed by atoms with Crippen molar-refractivity contribution in [3.63, 3.8) is 0 Å². The number of rotatable bonds is 0. The van der Waals surface area contributed by atoms with Crippen LogP contribution in [0.5, 0.6) is 0 Å². The van der Waals surface area contributed by atoms with E-state index in [1.54, 1.807) is 0 Å². The Morgan fingerprint density at radius 3 is 2.22 bits per heavy atom. The molecule has 0 saturated carbocycles. The molecule has 0 aliphatic heterocycles. The molecule has 1 heteroatoms. The van der Waals surface area contributed by atoms with Gasteiger partial charge in [0.2, 0.25) is 0 Å². The van der Waals surface area contributed by atoms with Gasteiger partial charge < -0.3 is 0 Å². The van der Waals surface area contributed by atoms with Crippen LogP contribution in [0.1, 0.15) is 16.7 Å². The van der Waals surface area contributed by atoms with Gasteiger partial charge in [0, 0.05) is 10.8 Å². The Morgan fingerprint density at radius 1 is 0.833 bits per heavy atom. The average molecular weight is 231 g/mol. The lowest BCUT2D eigenvalue weighted by molar-refractivity contribution is 1.47. The molecular weight excluding hydrogens is 218 g/mol. The summed E-state index contributed by atoms with van der Waals surface area (Å²) in [5, 5.41) is 13.9. The smallest absolute Gasteiger partial charge is 0.100 e. The molecule has 18 heavy (non-hydrogen) atoms. The Hall–Kier alpha value is -2.33. The average Bonchev–Trinajstić information content (AvgIpc) is 2.39. The molecular formula is C17H13N. The molecule has 0 radical (unpaired) electrons. The normalized spacial score (nSPS) is 10.7. The highest BCUT2D eigenvalue weighted by atomic mass is 14.3. The maximum Gasteiger partial charge on any atom is 0.100 e. The zero-order valence-corrected chi connectivity index (χ0v) is 10.5. The fourth-order valence-electron chi connectivity index (χ4n) is 2.63. The molecule has 3 aromatic rings. The minimum Gasteiger partial charge on any atom is -0.192 e. The standard InChI is InChI=1S/C17H13N/c1-11-7-8-14-12(2)13-5-3-4-6-15(13)17(10-18)16(14)9-11/h3-9H,1-2H3. The van der Waals surface area contributed by atoms with Crippen LogP contribution in [0.4, 0.5) is 0 Å². The van der Waals surface area contributed by atoms with E-state index >= 15 is 0 Å². The molecule has 1 nitrogen and oxygen atoms in total. The second kappa shape index (κ2) is 3.85. The lowest BCUT2D eigenvalue weighted by Gasteiger charge is -2.10. The molecule has 0 atom stereocenters. The van der Waals surface area contributed by atoms with Gasteiger partial charge >= 0.3 is 0 Å². The van der Waals surface area contributed by atoms with E-state index in [9.17, 15) is 5.26 Å². The number of hydrogen-bond acceptors (Lipinski definition) is 1. The zero-order chi connectivity index (χ0) is 12.7. The summed E-state index contributed by atoms with van der Waals surface area (Å²) in [6.07, 6.45) is 0. The third-order valence-electron chi connectivity index (χ3n) is 3.56. The molecule has 0 N–H and O–H groups in total. The van der Waals surface area contributed by atoms with Gasteiger partial charge in [-0.25, -0.2) is 0 Å². The van der Waals surface area contributed by atoms with Crippen molar-refractivity contribution < 1.29 is 0 Å². The highest BCUT2D eigenvalue weighted by molar-refractivity contribution is 6.07. The molecule has 0 heterocycles. The maximum atomic E-state index is 9.47. The molecule has 86 valence electrons. The Kier molecular flexibility index (Phi) is 2.31. The summed E-state index contributed by atoms with van der Waals surface area (Å²) in [6, 6.07) is 16.8. The molecule has 0 spiro atoms. The molecule has 0 aliphatic carbocycles. The van der Waals surface area contributed by atoms with Gasteiger partial charge in [-0.05, 0) is 30.2 Å². The van der Waals surface area contributed by atoms with Crippen LogP contribution >= 0.6 is 0 Å². The van der Waals surface area contributed by atoms with Crippen LogP contribution in [0.3, 0.4) is 0 Å². The monoisotopic (exact) mass is 231 g/mol. The second-order valence-electron chi connectivity index (χ2n) is 4.71. The lowest BCUT2D eigenvalue weighted by Crippen LogP contribution is -1.89. The summed E-state index contributed by atoms with van der Waals surface area (Å²) < 4.78 is 0. The van der Waals surface area contributed by atoms with Crippen molar-refractivity contribution in [3.8, 4) is 6.07 Å². The molecule has 3 aromatic carbocycles. The number of nitrogens with zero attached hydrogens (tertiary/aromatic N) is 1. The summed E-state index contributed by atoms with van der Waals surface area (Å²) in [5.74, 6) is 0. The molecule has 0 aliphatic rings. The summed E-state index contributed by atoms with van der Waals surface area (Å²) >= 11 is 0. The van der Waals surface area contributed by atoms with Crippen LogP contribution in [0.2, 0.25) is 0 Å². The zero-order valence-electron chi connectivity index (χ0n) is 10.5. The molecule has 0 aromatic heterocycles. The number of aryl methyl sites for hydroxylation is 2. The van der Waals surface area contributed by atoms with Gasteiger partial charge in [0.1, 0.15) is 6.07 Å². The van der Waals surface area contributed by atoms with Gasteiger partial charge in [0.25, 0.3) is 0 Å². The van der Waals surface area contributed by atoms with E-state index in [0.717, 1.165) is 16.3 Å². The second-order valence-corrected chi connectivity index (χ2v) is 4.71. The van der Waals surface area contributed by atoms with E-state index in [0.29, 0.717) is 0 Å². The summed E-state index contributed by atoms with van der Waals surface area (Å²) in [6.45, 7) is 4.19. The van der Waals surface area contributed by atoms with Crippen molar-refractivity contribution in [1.82, 2.24) is 0 Å². The van der Waals surface area contributed by atoms with E-state index in [1.165, 1.54) is 21.9 Å². The van der Waals surface area contributed by atoms with Crippen LogP contribution in [0.25, 0.3) is 21.5 Å². The van der Waals surface area contributed by atoms with E-state index in [2.05, 4.69) is 44.2 Å². The predicted octanol–water partition coefficient (Wildman–Crippen LogP) is 4.48. The molecule has 0 unspecified atom stereocenters. The van der Waals surface area contributed by atoms with Gasteiger partial charge in [0.05, 0.1) is 5.56 Å². The first-order chi connectivity index (χ1) is 8.72. The van der Waals surface area contributed by atoms with E-state index in [4.69, 9.17) is 0 Å². The minimum absolute atomic E-state index is 0.787. The van der Waals surface area contributed by atoms with Gasteiger partial charge in [-0.1, -0.05) is 48.0 Å². The number of nitriles is 1. The third kappa shape index (κ3) is 1.39. The first kappa shape index (κ1) is 10.8. The highest BCUT2D eigenvalue weighted by Gasteiger charge is 2.10. The van der Waals surface area contributed by atoms with Crippen LogP contribution in [0.15, 0.2) is 42.5 Å². The van der Waals surface area contributed by atoms with Crippen molar-refractivity contribution in [2.75, 3.05) is 0 Å². The summed E-state index contributed by atoms with van der Waals surface area (Å²) in [5.41, 5.74) is 3.23. The van der Waals surface area contributed by atoms with Crippen LogP contribution < -0.4 is 0 Å². The molecule has 0 saturated heterocycles. The third-order valence-corrected chi connectivity index (χ3v) is 3.56. The fourth-order valence-corrected chi connectivity index (χ4v) is 2.63. The van der Waals surface area contributed by atoms with Crippen molar-refractivity contribution in [2.45, 2.75) is 13.8 Å². The van der Waals surface area contributed by atoms with Crippen molar-refractivity contribution >= 4 is 21.5 Å². The minimum atomic E-state index is 0.787. The van der Waals surface area contributed by atoms with E-state index in [-0.39, 0.29) is 0 Å². The number of hydrogen-bond donors (Lipinski definition) is 0. The molecule has 0 bridgehead atoms. The Bertz CT molecular complexity index is 807.